The van der Waals surface area contributed by atoms with Crippen molar-refractivity contribution < 1.29 is 22.7 Å². The van der Waals surface area contributed by atoms with E-state index < -0.39 is 24.1 Å². The van der Waals surface area contributed by atoms with Crippen molar-refractivity contribution in [2.24, 2.45) is 0 Å². The number of rotatable bonds is 5. The van der Waals surface area contributed by atoms with Crippen LogP contribution in [0.2, 0.25) is 5.02 Å². The Labute approximate surface area is 172 Å². The second-order valence-electron chi connectivity index (χ2n) is 5.97. The number of hydrogen-bond donors (Lipinski definition) is 1. The summed E-state index contributed by atoms with van der Waals surface area (Å²) in [5, 5.41) is 15.4. The van der Waals surface area contributed by atoms with Gasteiger partial charge in [-0.05, 0) is 37.3 Å². The van der Waals surface area contributed by atoms with Crippen LogP contribution in [0.4, 0.5) is 13.2 Å². The fourth-order valence-corrected chi connectivity index (χ4v) is 2.76. The van der Waals surface area contributed by atoms with Crippen molar-refractivity contribution >= 4 is 17.5 Å². The van der Waals surface area contributed by atoms with Gasteiger partial charge in [-0.25, -0.2) is 9.97 Å². The lowest BCUT2D eigenvalue weighted by Crippen LogP contribution is -2.29. The molecule has 2 heterocycles. The van der Waals surface area contributed by atoms with Crippen LogP contribution in [-0.2, 0) is 0 Å². The van der Waals surface area contributed by atoms with Gasteiger partial charge in [0, 0.05) is 16.8 Å². The molecule has 0 saturated carbocycles. The zero-order valence-corrected chi connectivity index (χ0v) is 15.9. The van der Waals surface area contributed by atoms with E-state index in [4.69, 9.17) is 16.9 Å². The molecule has 0 fully saturated rings. The van der Waals surface area contributed by atoms with E-state index in [0.29, 0.717) is 17.2 Å². The average Bonchev–Trinajstić information content (AvgIpc) is 3.16. The minimum Gasteiger partial charge on any atom is -0.406 e. The third kappa shape index (κ3) is 5.03. The van der Waals surface area contributed by atoms with Gasteiger partial charge in [0.1, 0.15) is 18.1 Å². The van der Waals surface area contributed by atoms with Crippen molar-refractivity contribution in [3.05, 3.63) is 64.8 Å². The van der Waals surface area contributed by atoms with Crippen molar-refractivity contribution in [3.8, 4) is 17.6 Å². The summed E-state index contributed by atoms with van der Waals surface area (Å²) in [4.78, 5) is 20.7. The highest BCUT2D eigenvalue weighted by Gasteiger charge is 2.31. The molecule has 1 aromatic carbocycles. The number of nitrogens with zero attached hydrogens (tertiary/aromatic N) is 5. The average molecular weight is 437 g/mol. The van der Waals surface area contributed by atoms with Crippen LogP contribution in [-0.4, -0.2) is 32.0 Å². The summed E-state index contributed by atoms with van der Waals surface area (Å²) in [6.45, 7) is 1.61. The highest BCUT2D eigenvalue weighted by Crippen LogP contribution is 2.27. The minimum atomic E-state index is -4.92. The van der Waals surface area contributed by atoms with E-state index in [1.54, 1.807) is 19.1 Å². The molecule has 0 saturated heterocycles. The van der Waals surface area contributed by atoms with E-state index >= 15 is 0 Å². The molecule has 3 aromatic rings. The molecule has 1 amide bonds. The number of alkyl halides is 3. The Morgan fingerprint density at radius 3 is 2.70 bits per heavy atom. The molecule has 2 aromatic heterocycles. The molecule has 0 bridgehead atoms. The zero-order chi connectivity index (χ0) is 21.9. The van der Waals surface area contributed by atoms with Crippen molar-refractivity contribution in [1.29, 1.82) is 5.26 Å². The molecule has 12 heteroatoms. The first-order chi connectivity index (χ1) is 14.2. The molecule has 3 rings (SSSR count). The topological polar surface area (TPSA) is 106 Å². The van der Waals surface area contributed by atoms with Crippen LogP contribution in [0.15, 0.2) is 42.9 Å². The molecule has 1 unspecified atom stereocenters. The number of carbonyl (C=O) groups excluding carboxylic acids is 1. The summed E-state index contributed by atoms with van der Waals surface area (Å²) in [5.74, 6) is -0.627. The van der Waals surface area contributed by atoms with Crippen LogP contribution in [0, 0.1) is 11.3 Å². The van der Waals surface area contributed by atoms with Gasteiger partial charge >= 0.3 is 6.36 Å². The van der Waals surface area contributed by atoms with Crippen LogP contribution in [0.3, 0.4) is 0 Å². The number of pyridine rings is 1. The lowest BCUT2D eigenvalue weighted by atomic mass is 10.2. The number of aromatic nitrogens is 4. The molecule has 154 valence electrons. The van der Waals surface area contributed by atoms with Gasteiger partial charge in [-0.1, -0.05) is 11.6 Å². The quantitative estimate of drug-likeness (QED) is 0.655. The molecule has 0 aliphatic carbocycles. The van der Waals surface area contributed by atoms with Crippen molar-refractivity contribution in [2.75, 3.05) is 0 Å². The van der Waals surface area contributed by atoms with E-state index in [0.717, 1.165) is 12.1 Å². The van der Waals surface area contributed by atoms with E-state index in [9.17, 15) is 18.0 Å². The summed E-state index contributed by atoms with van der Waals surface area (Å²) in [6, 6.07) is 7.44. The maximum Gasteiger partial charge on any atom is 0.573 e. The summed E-state index contributed by atoms with van der Waals surface area (Å²) in [6.07, 6.45) is -2.30. The van der Waals surface area contributed by atoms with Crippen LogP contribution < -0.4 is 10.1 Å². The van der Waals surface area contributed by atoms with E-state index in [-0.39, 0.29) is 10.6 Å². The Hall–Kier alpha value is -3.65. The second-order valence-corrected chi connectivity index (χ2v) is 6.40. The standard InChI is InChI=1S/C18H12ClF3N6O2/c1-10(16-25-9-26-28(16)15-3-2-11(7-23)8-24-15)27-17(29)12-4-13(19)6-14(5-12)30-18(20,21)22/h2-6,8-10H,1H3,(H,27,29). The van der Waals surface area contributed by atoms with Gasteiger partial charge in [0.2, 0.25) is 0 Å². The molecule has 8 nitrogen and oxygen atoms in total. The number of nitrogens with one attached hydrogen (secondary N) is 1. The van der Waals surface area contributed by atoms with Crippen LogP contribution in [0.5, 0.6) is 5.75 Å². The largest absolute Gasteiger partial charge is 0.573 e. The smallest absolute Gasteiger partial charge is 0.406 e. The Bertz CT molecular complexity index is 1110. The summed E-state index contributed by atoms with van der Waals surface area (Å²) < 4.78 is 42.5. The van der Waals surface area contributed by atoms with Gasteiger partial charge < -0.3 is 10.1 Å². The maximum absolute atomic E-state index is 12.5. The maximum atomic E-state index is 12.5. The third-order valence-electron chi connectivity index (χ3n) is 3.77. The molecular formula is C18H12ClF3N6O2. The van der Waals surface area contributed by atoms with Crippen LogP contribution in [0.1, 0.15) is 34.7 Å². The zero-order valence-electron chi connectivity index (χ0n) is 15.2. The van der Waals surface area contributed by atoms with Crippen LogP contribution >= 0.6 is 11.6 Å². The SMILES string of the molecule is CC(NC(=O)c1cc(Cl)cc(OC(F)(F)F)c1)c1ncnn1-c1ccc(C#N)cn1. The second kappa shape index (κ2) is 8.38. The molecule has 0 spiro atoms. The molecule has 0 radical (unpaired) electrons. The van der Waals surface area contributed by atoms with Crippen molar-refractivity contribution in [3.63, 3.8) is 0 Å². The van der Waals surface area contributed by atoms with Crippen LogP contribution in [0.25, 0.3) is 5.82 Å². The summed E-state index contributed by atoms with van der Waals surface area (Å²) in [5.41, 5.74) is 0.232. The fourth-order valence-electron chi connectivity index (χ4n) is 2.53. The van der Waals surface area contributed by atoms with Crippen molar-refractivity contribution in [2.45, 2.75) is 19.3 Å². The first-order valence-electron chi connectivity index (χ1n) is 8.30. The van der Waals surface area contributed by atoms with Gasteiger partial charge in [-0.15, -0.1) is 13.2 Å². The van der Waals surface area contributed by atoms with E-state index in [1.807, 2.05) is 6.07 Å². The molecular weight excluding hydrogens is 425 g/mol. The molecule has 0 aliphatic heterocycles. The van der Waals surface area contributed by atoms with Crippen molar-refractivity contribution in [1.82, 2.24) is 25.1 Å². The highest BCUT2D eigenvalue weighted by molar-refractivity contribution is 6.31. The van der Waals surface area contributed by atoms with Gasteiger partial charge in [0.25, 0.3) is 5.91 Å². The van der Waals surface area contributed by atoms with E-state index in [2.05, 4.69) is 25.1 Å². The number of nitriles is 1. The summed E-state index contributed by atoms with van der Waals surface area (Å²) in [7, 11) is 0. The number of benzene rings is 1. The first kappa shape index (κ1) is 21.1. The number of ether oxygens (including phenoxy) is 1. The highest BCUT2D eigenvalue weighted by atomic mass is 35.5. The number of hydrogen-bond acceptors (Lipinski definition) is 6. The molecule has 0 aliphatic rings. The normalized spacial score (nSPS) is 12.1. The first-order valence-corrected chi connectivity index (χ1v) is 8.68. The predicted molar refractivity (Wildman–Crippen MR) is 97.9 cm³/mol. The molecule has 1 atom stereocenters. The predicted octanol–water partition coefficient (Wildman–Crippen LogP) is 3.58. The summed E-state index contributed by atoms with van der Waals surface area (Å²) >= 11 is 5.80. The van der Waals surface area contributed by atoms with E-state index in [1.165, 1.54) is 23.3 Å². The number of carbonyl (C=O) groups is 1. The Morgan fingerprint density at radius 2 is 2.07 bits per heavy atom. The lowest BCUT2D eigenvalue weighted by Gasteiger charge is -2.15. The van der Waals surface area contributed by atoms with Gasteiger partial charge in [-0.3, -0.25) is 4.79 Å². The van der Waals surface area contributed by atoms with Gasteiger partial charge in [0.15, 0.2) is 11.6 Å². The Balaban J connectivity index is 1.80. The minimum absolute atomic E-state index is 0.0977. The fraction of sp³-hybridized carbons (Fsp3) is 0.167. The number of halogens is 4. The van der Waals surface area contributed by atoms with Gasteiger partial charge in [0.05, 0.1) is 11.6 Å². The number of amides is 1. The monoisotopic (exact) mass is 436 g/mol. The molecule has 1 N–H and O–H groups in total. The third-order valence-corrected chi connectivity index (χ3v) is 3.99. The lowest BCUT2D eigenvalue weighted by molar-refractivity contribution is -0.274. The Morgan fingerprint density at radius 1 is 1.30 bits per heavy atom. The molecule has 30 heavy (non-hydrogen) atoms. The Kier molecular flexibility index (Phi) is 5.89. The van der Waals surface area contributed by atoms with Gasteiger partial charge in [-0.2, -0.15) is 15.0 Å².